The molecule has 3 heterocycles. The molecule has 94 valence electrons. The first-order valence-electron chi connectivity index (χ1n) is 5.87. The summed E-state index contributed by atoms with van der Waals surface area (Å²) in [5, 5.41) is 2.32. The zero-order chi connectivity index (χ0) is 13.4. The predicted octanol–water partition coefficient (Wildman–Crippen LogP) is 1.41. The second-order valence-corrected chi connectivity index (χ2v) is 4.43. The Balaban J connectivity index is 1.99. The summed E-state index contributed by atoms with van der Waals surface area (Å²) in [6.07, 6.45) is 4.22. The van der Waals surface area contributed by atoms with Crippen molar-refractivity contribution >= 4 is 23.1 Å². The van der Waals surface area contributed by atoms with Crippen LogP contribution in [-0.2, 0) is 9.59 Å². The monoisotopic (exact) mass is 254 g/mol. The normalized spacial score (nSPS) is 19.2. The van der Waals surface area contributed by atoms with Crippen LogP contribution in [0.1, 0.15) is 24.5 Å². The average Bonchev–Trinajstić information content (AvgIpc) is 2.80. The van der Waals surface area contributed by atoms with E-state index in [1.807, 2.05) is 0 Å². The Labute approximate surface area is 108 Å². The van der Waals surface area contributed by atoms with Gasteiger partial charge in [0, 0.05) is 18.8 Å². The number of pyridine rings is 1. The van der Waals surface area contributed by atoms with Gasteiger partial charge in [0.05, 0.1) is 18.2 Å². The molecular weight excluding hydrogens is 244 g/mol. The van der Waals surface area contributed by atoms with Crippen LogP contribution >= 0.6 is 0 Å². The molecule has 0 radical (unpaired) electrons. The lowest BCUT2D eigenvalue weighted by Gasteiger charge is -2.18. The van der Waals surface area contributed by atoms with Crippen molar-refractivity contribution in [1.29, 1.82) is 0 Å². The smallest absolute Gasteiger partial charge is 0.235 e. The molecule has 1 fully saturated rings. The standard InChI is InChI=1S/C13H10N4O2/c1-14-8-2-4-11-15-10(7-17(11)6-8)9-3-5-12(18)16-13(9)19/h2,4,6-7,9H,3,5H2,(H,16,18,19). The van der Waals surface area contributed by atoms with Gasteiger partial charge in [-0.15, -0.1) is 0 Å². The van der Waals surface area contributed by atoms with Crippen LogP contribution in [0, 0.1) is 6.57 Å². The van der Waals surface area contributed by atoms with Gasteiger partial charge in [-0.25, -0.2) is 9.83 Å². The van der Waals surface area contributed by atoms with Gasteiger partial charge >= 0.3 is 0 Å². The molecule has 0 spiro atoms. The molecule has 6 heteroatoms. The first-order valence-corrected chi connectivity index (χ1v) is 5.87. The molecule has 0 aromatic carbocycles. The van der Waals surface area contributed by atoms with Gasteiger partial charge in [0.25, 0.3) is 0 Å². The Kier molecular flexibility index (Phi) is 2.53. The average molecular weight is 254 g/mol. The number of imide groups is 1. The molecule has 0 bridgehead atoms. The maximum Gasteiger partial charge on any atom is 0.235 e. The van der Waals surface area contributed by atoms with Gasteiger partial charge in [0.2, 0.25) is 17.5 Å². The van der Waals surface area contributed by atoms with Crippen molar-refractivity contribution in [3.8, 4) is 0 Å². The molecule has 0 saturated carbocycles. The summed E-state index contributed by atoms with van der Waals surface area (Å²) in [6.45, 7) is 6.97. The zero-order valence-electron chi connectivity index (χ0n) is 9.96. The van der Waals surface area contributed by atoms with Crippen LogP contribution in [0.5, 0.6) is 0 Å². The molecule has 1 atom stereocenters. The third kappa shape index (κ3) is 1.95. The van der Waals surface area contributed by atoms with Crippen molar-refractivity contribution in [2.75, 3.05) is 0 Å². The molecule has 6 nitrogen and oxygen atoms in total. The van der Waals surface area contributed by atoms with Crippen LogP contribution in [0.3, 0.4) is 0 Å². The van der Waals surface area contributed by atoms with E-state index in [-0.39, 0.29) is 11.8 Å². The molecule has 1 aliphatic rings. The number of hydrogen-bond acceptors (Lipinski definition) is 3. The van der Waals surface area contributed by atoms with E-state index in [2.05, 4.69) is 15.1 Å². The molecule has 0 aliphatic carbocycles. The highest BCUT2D eigenvalue weighted by Gasteiger charge is 2.29. The number of amides is 2. The third-order valence-electron chi connectivity index (χ3n) is 3.18. The van der Waals surface area contributed by atoms with Gasteiger partial charge in [-0.05, 0) is 12.5 Å². The van der Waals surface area contributed by atoms with E-state index in [9.17, 15) is 9.59 Å². The SMILES string of the molecule is [C-]#[N+]c1ccc2nc(C3CCC(=O)NC3=O)cn2c1. The van der Waals surface area contributed by atoms with Crippen LogP contribution in [0.25, 0.3) is 10.5 Å². The number of nitrogens with one attached hydrogen (secondary N) is 1. The Morgan fingerprint density at radius 1 is 1.37 bits per heavy atom. The fourth-order valence-electron chi connectivity index (χ4n) is 2.21. The maximum atomic E-state index is 11.8. The molecule has 3 rings (SSSR count). The number of piperidine rings is 1. The lowest BCUT2D eigenvalue weighted by molar-refractivity contribution is -0.134. The summed E-state index contributed by atoms with van der Waals surface area (Å²) >= 11 is 0. The molecule has 1 unspecified atom stereocenters. The summed E-state index contributed by atoms with van der Waals surface area (Å²) in [5.41, 5.74) is 1.83. The summed E-state index contributed by atoms with van der Waals surface area (Å²) in [7, 11) is 0. The van der Waals surface area contributed by atoms with Crippen molar-refractivity contribution in [3.63, 3.8) is 0 Å². The lowest BCUT2D eigenvalue weighted by Crippen LogP contribution is -2.39. The third-order valence-corrected chi connectivity index (χ3v) is 3.18. The van der Waals surface area contributed by atoms with Crippen molar-refractivity contribution in [2.24, 2.45) is 0 Å². The van der Waals surface area contributed by atoms with Gasteiger partial charge in [-0.3, -0.25) is 14.9 Å². The highest BCUT2D eigenvalue weighted by molar-refractivity contribution is 6.00. The fourth-order valence-corrected chi connectivity index (χ4v) is 2.21. The topological polar surface area (TPSA) is 67.8 Å². The minimum absolute atomic E-state index is 0.236. The number of hydrogen-bond donors (Lipinski definition) is 1. The van der Waals surface area contributed by atoms with E-state index in [0.29, 0.717) is 29.9 Å². The summed E-state index contributed by atoms with van der Waals surface area (Å²) in [4.78, 5) is 30.6. The first kappa shape index (κ1) is 11.4. The minimum atomic E-state index is -0.394. The molecule has 1 saturated heterocycles. The molecule has 2 aromatic rings. The van der Waals surface area contributed by atoms with Gasteiger partial charge < -0.3 is 4.40 Å². The first-order chi connectivity index (χ1) is 9.17. The van der Waals surface area contributed by atoms with Crippen LogP contribution in [-0.4, -0.2) is 21.2 Å². The summed E-state index contributed by atoms with van der Waals surface area (Å²) in [5.74, 6) is -0.931. The Hall–Kier alpha value is -2.68. The van der Waals surface area contributed by atoms with Gasteiger partial charge in [0.1, 0.15) is 5.65 Å². The van der Waals surface area contributed by atoms with E-state index in [1.165, 1.54) is 0 Å². The number of aromatic nitrogens is 2. The lowest BCUT2D eigenvalue weighted by atomic mass is 9.95. The van der Waals surface area contributed by atoms with Crippen LogP contribution < -0.4 is 5.32 Å². The van der Waals surface area contributed by atoms with E-state index in [1.54, 1.807) is 28.9 Å². The van der Waals surface area contributed by atoms with Crippen LogP contribution in [0.15, 0.2) is 24.5 Å². The van der Waals surface area contributed by atoms with Crippen molar-refractivity contribution in [2.45, 2.75) is 18.8 Å². The number of imidazole rings is 1. The molecule has 2 aromatic heterocycles. The molecule has 1 N–H and O–H groups in total. The van der Waals surface area contributed by atoms with Crippen LogP contribution in [0.4, 0.5) is 5.69 Å². The highest BCUT2D eigenvalue weighted by Crippen LogP contribution is 2.25. The Morgan fingerprint density at radius 3 is 2.95 bits per heavy atom. The molecular formula is C13H10N4O2. The van der Waals surface area contributed by atoms with E-state index >= 15 is 0 Å². The van der Waals surface area contributed by atoms with Gasteiger partial charge in [-0.2, -0.15) is 0 Å². The number of nitrogens with zero attached hydrogens (tertiary/aromatic N) is 3. The van der Waals surface area contributed by atoms with E-state index in [4.69, 9.17) is 6.57 Å². The summed E-state index contributed by atoms with van der Waals surface area (Å²) < 4.78 is 1.73. The number of carbonyl (C=O) groups excluding carboxylic acids is 2. The van der Waals surface area contributed by atoms with E-state index in [0.717, 1.165) is 0 Å². The molecule has 2 amide bonds. The molecule has 1 aliphatic heterocycles. The quantitative estimate of drug-likeness (QED) is 0.618. The van der Waals surface area contributed by atoms with Gasteiger partial charge in [-0.1, -0.05) is 6.07 Å². The zero-order valence-corrected chi connectivity index (χ0v) is 9.96. The minimum Gasteiger partial charge on any atom is -0.317 e. The van der Waals surface area contributed by atoms with Crippen LogP contribution in [0.2, 0.25) is 0 Å². The number of carbonyl (C=O) groups is 2. The maximum absolute atomic E-state index is 11.8. The Morgan fingerprint density at radius 2 is 2.21 bits per heavy atom. The van der Waals surface area contributed by atoms with E-state index < -0.39 is 5.92 Å². The van der Waals surface area contributed by atoms with Crippen molar-refractivity contribution in [1.82, 2.24) is 14.7 Å². The predicted molar refractivity (Wildman–Crippen MR) is 66.6 cm³/mol. The fraction of sp³-hybridized carbons (Fsp3) is 0.231. The van der Waals surface area contributed by atoms with Gasteiger partial charge in [0.15, 0.2) is 0 Å². The second kappa shape index (κ2) is 4.21. The summed E-state index contributed by atoms with van der Waals surface area (Å²) in [6, 6.07) is 3.42. The van der Waals surface area contributed by atoms with Crippen molar-refractivity contribution < 1.29 is 9.59 Å². The highest BCUT2D eigenvalue weighted by atomic mass is 16.2. The number of rotatable bonds is 1. The molecule has 19 heavy (non-hydrogen) atoms. The number of fused-ring (bicyclic) bond motifs is 1. The Bertz CT molecular complexity index is 726. The largest absolute Gasteiger partial charge is 0.317 e. The second-order valence-electron chi connectivity index (χ2n) is 4.43. The van der Waals surface area contributed by atoms with Crippen molar-refractivity contribution in [3.05, 3.63) is 41.6 Å².